The van der Waals surface area contributed by atoms with Gasteiger partial charge in [0, 0.05) is 23.6 Å². The van der Waals surface area contributed by atoms with Crippen LogP contribution in [0.2, 0.25) is 0 Å². The first-order chi connectivity index (χ1) is 14.6. The molecule has 3 N–H and O–H groups in total. The maximum absolute atomic E-state index is 13.2. The summed E-state index contributed by atoms with van der Waals surface area (Å²) in [5, 5.41) is 23.1. The molecule has 2 aromatic carbocycles. The molecule has 0 amide bonds. The van der Waals surface area contributed by atoms with E-state index in [0.29, 0.717) is 17.9 Å². The number of hydrogen-bond donors (Lipinski definition) is 3. The van der Waals surface area contributed by atoms with Crippen LogP contribution in [0.5, 0.6) is 11.5 Å². The molecule has 1 aromatic heterocycles. The average Bonchev–Trinajstić information content (AvgIpc) is 3.39. The lowest BCUT2D eigenvalue weighted by Gasteiger charge is -2.12. The van der Waals surface area contributed by atoms with Gasteiger partial charge in [-0.3, -0.25) is 9.36 Å². The summed E-state index contributed by atoms with van der Waals surface area (Å²) in [7, 11) is 0. The van der Waals surface area contributed by atoms with Crippen LogP contribution in [0.1, 0.15) is 11.3 Å². The smallest absolute Gasteiger partial charge is 0.278 e. The molecule has 0 radical (unpaired) electrons. The Bertz CT molecular complexity index is 1330. The number of thiophene rings is 1. The summed E-state index contributed by atoms with van der Waals surface area (Å²) in [6.45, 7) is 0. The molecule has 0 atom stereocenters. The quantitative estimate of drug-likeness (QED) is 0.406. The van der Waals surface area contributed by atoms with Crippen LogP contribution in [0.15, 0.2) is 76.3 Å². The second kappa shape index (κ2) is 7.20. The number of aromatic hydroxyl groups is 2. The molecule has 3 aromatic rings. The minimum atomic E-state index is -0.177. The van der Waals surface area contributed by atoms with Gasteiger partial charge in [-0.15, -0.1) is 0 Å². The molecule has 148 valence electrons. The molecule has 7 heteroatoms. The lowest BCUT2D eigenvalue weighted by atomic mass is 10.1. The number of imidazole rings is 1. The summed E-state index contributed by atoms with van der Waals surface area (Å²) in [6, 6.07) is 15.6. The minimum absolute atomic E-state index is 0.177. The predicted molar refractivity (Wildman–Crippen MR) is 117 cm³/mol. The van der Waals surface area contributed by atoms with Crippen molar-refractivity contribution in [3.63, 3.8) is 0 Å². The fraction of sp³-hybridized carbons (Fsp3) is 0.0435. The molecule has 0 fully saturated rings. The average molecular weight is 415 g/mol. The number of rotatable bonds is 4. The van der Waals surface area contributed by atoms with Crippen LogP contribution in [0.3, 0.4) is 0 Å². The summed E-state index contributed by atoms with van der Waals surface area (Å²) >= 11 is 1.57. The molecule has 6 nitrogen and oxygen atoms in total. The molecule has 0 saturated heterocycles. The molecular weight excluding hydrogens is 398 g/mol. The number of nitrogens with one attached hydrogen (secondary N) is 1. The number of H-pyrrole nitrogens is 1. The highest BCUT2D eigenvalue weighted by Gasteiger charge is 2.21. The first kappa shape index (κ1) is 18.2. The van der Waals surface area contributed by atoms with Gasteiger partial charge >= 0.3 is 0 Å². The van der Waals surface area contributed by atoms with E-state index in [1.165, 1.54) is 0 Å². The van der Waals surface area contributed by atoms with Crippen molar-refractivity contribution in [2.45, 2.75) is 6.42 Å². The van der Waals surface area contributed by atoms with E-state index in [-0.39, 0.29) is 17.1 Å². The van der Waals surface area contributed by atoms with Gasteiger partial charge in [-0.2, -0.15) is 11.3 Å². The van der Waals surface area contributed by atoms with E-state index >= 15 is 0 Å². The van der Waals surface area contributed by atoms with Gasteiger partial charge in [0.05, 0.1) is 11.4 Å². The highest BCUT2D eigenvalue weighted by molar-refractivity contribution is 7.08. The van der Waals surface area contributed by atoms with E-state index in [4.69, 9.17) is 0 Å². The Morgan fingerprint density at radius 1 is 0.933 bits per heavy atom. The summed E-state index contributed by atoms with van der Waals surface area (Å²) in [4.78, 5) is 21.2. The zero-order valence-electron chi connectivity index (χ0n) is 15.7. The normalized spacial score (nSPS) is 11.2. The summed E-state index contributed by atoms with van der Waals surface area (Å²) in [6.07, 6.45) is 2.12. The van der Waals surface area contributed by atoms with E-state index in [2.05, 4.69) is 9.97 Å². The highest BCUT2D eigenvalue weighted by atomic mass is 32.1. The van der Waals surface area contributed by atoms with E-state index in [1.54, 1.807) is 70.6 Å². The van der Waals surface area contributed by atoms with Gasteiger partial charge < -0.3 is 15.2 Å². The van der Waals surface area contributed by atoms with E-state index in [0.717, 1.165) is 28.1 Å². The zero-order chi connectivity index (χ0) is 20.7. The Kier molecular flexibility index (Phi) is 4.37. The Labute approximate surface area is 175 Å². The Hall–Kier alpha value is -3.84. The van der Waals surface area contributed by atoms with Gasteiger partial charge in [0.2, 0.25) is 0 Å². The second-order valence-electron chi connectivity index (χ2n) is 7.00. The summed E-state index contributed by atoms with van der Waals surface area (Å²) in [5.74, 6) is 0.930. The van der Waals surface area contributed by atoms with Crippen LogP contribution in [0.4, 0.5) is 0 Å². The van der Waals surface area contributed by atoms with Crippen molar-refractivity contribution in [3.05, 3.63) is 93.2 Å². The van der Waals surface area contributed by atoms with Crippen molar-refractivity contribution < 1.29 is 10.2 Å². The van der Waals surface area contributed by atoms with Crippen molar-refractivity contribution in [2.75, 3.05) is 0 Å². The molecule has 0 aliphatic carbocycles. The van der Waals surface area contributed by atoms with Gasteiger partial charge in [0.1, 0.15) is 17.2 Å². The molecular formula is C23H17N3O3S. The van der Waals surface area contributed by atoms with Gasteiger partial charge in [-0.1, -0.05) is 12.1 Å². The SMILES string of the molecule is O=c1c(Cc2ccc(O)cc2)nc2c(-c3ccsc3)[nH]c(-c3ccc(O)cc3)cn1-2. The second-order valence-corrected chi connectivity index (χ2v) is 7.78. The molecule has 0 unspecified atom stereocenters. The maximum Gasteiger partial charge on any atom is 0.278 e. The Balaban J connectivity index is 1.68. The number of nitrogens with zero attached hydrogens (tertiary/aromatic N) is 2. The Morgan fingerprint density at radius 2 is 1.63 bits per heavy atom. The molecule has 0 saturated carbocycles. The van der Waals surface area contributed by atoms with E-state index in [1.807, 2.05) is 16.8 Å². The van der Waals surface area contributed by atoms with Gasteiger partial charge in [-0.05, 0) is 59.0 Å². The largest absolute Gasteiger partial charge is 0.508 e. The number of aromatic amines is 1. The molecule has 0 bridgehead atoms. The molecule has 5 rings (SSSR count). The molecule has 3 heterocycles. The zero-order valence-corrected chi connectivity index (χ0v) is 16.6. The minimum Gasteiger partial charge on any atom is -0.508 e. The van der Waals surface area contributed by atoms with Crippen molar-refractivity contribution in [2.24, 2.45) is 0 Å². The Morgan fingerprint density at radius 3 is 2.30 bits per heavy atom. The van der Waals surface area contributed by atoms with Crippen LogP contribution in [-0.4, -0.2) is 24.7 Å². The lowest BCUT2D eigenvalue weighted by molar-refractivity contribution is 0.474. The van der Waals surface area contributed by atoms with Crippen LogP contribution in [0, 0.1) is 0 Å². The fourth-order valence-electron chi connectivity index (χ4n) is 3.43. The van der Waals surface area contributed by atoms with Crippen molar-refractivity contribution in [3.8, 4) is 39.8 Å². The first-order valence-electron chi connectivity index (χ1n) is 9.32. The van der Waals surface area contributed by atoms with E-state index in [9.17, 15) is 15.0 Å². The fourth-order valence-corrected chi connectivity index (χ4v) is 4.08. The van der Waals surface area contributed by atoms with Gasteiger partial charge in [0.25, 0.3) is 5.56 Å². The van der Waals surface area contributed by atoms with Crippen LogP contribution in [-0.2, 0) is 6.42 Å². The number of fused-ring (bicyclic) bond motifs is 1. The standard InChI is InChI=1S/C23H17N3O3S/c27-17-5-1-14(2-6-17)11-19-23(29)26-12-20(15-3-7-18(28)8-4-15)24-21(22(26)25-19)16-9-10-30-13-16/h1-10,12-13,24,27-28H,11H2. The summed E-state index contributed by atoms with van der Waals surface area (Å²) in [5.41, 5.74) is 4.46. The maximum atomic E-state index is 13.2. The molecule has 2 aliphatic heterocycles. The number of aromatic nitrogens is 3. The van der Waals surface area contributed by atoms with Crippen LogP contribution < -0.4 is 5.56 Å². The highest BCUT2D eigenvalue weighted by Crippen LogP contribution is 2.30. The van der Waals surface area contributed by atoms with E-state index < -0.39 is 0 Å². The predicted octanol–water partition coefficient (Wildman–Crippen LogP) is 4.40. The molecule has 30 heavy (non-hydrogen) atoms. The van der Waals surface area contributed by atoms with Crippen LogP contribution >= 0.6 is 11.3 Å². The third kappa shape index (κ3) is 3.25. The van der Waals surface area contributed by atoms with Gasteiger partial charge in [-0.25, -0.2) is 4.98 Å². The van der Waals surface area contributed by atoms with Crippen LogP contribution in [0.25, 0.3) is 28.3 Å². The van der Waals surface area contributed by atoms with Crippen molar-refractivity contribution in [1.29, 1.82) is 0 Å². The topological polar surface area (TPSA) is 91.1 Å². The summed E-state index contributed by atoms with van der Waals surface area (Å²) < 4.78 is 1.57. The molecule has 2 aliphatic rings. The number of hydrogen-bond acceptors (Lipinski definition) is 5. The number of phenols is 2. The third-order valence-electron chi connectivity index (χ3n) is 4.97. The van der Waals surface area contributed by atoms with Crippen molar-refractivity contribution in [1.82, 2.24) is 14.5 Å². The van der Waals surface area contributed by atoms with Gasteiger partial charge in [0.15, 0.2) is 5.82 Å². The lowest BCUT2D eigenvalue weighted by Crippen LogP contribution is -2.16. The van der Waals surface area contributed by atoms with Crippen molar-refractivity contribution >= 4 is 11.3 Å². The first-order valence-corrected chi connectivity index (χ1v) is 10.3. The molecule has 0 spiro atoms. The monoisotopic (exact) mass is 415 g/mol. The number of phenolic OH excluding ortho intramolecular Hbond substituents is 2. The number of benzene rings is 2. The third-order valence-corrected chi connectivity index (χ3v) is 5.66.